The van der Waals surface area contributed by atoms with E-state index in [0.717, 1.165) is 6.42 Å². The molecular weight excluding hydrogens is 625 g/mol. The average Bonchev–Trinajstić information content (AvgIpc) is 3.23. The third-order valence-corrected chi connectivity index (χ3v) is 11.0. The van der Waals surface area contributed by atoms with E-state index in [9.17, 15) is 0 Å². The van der Waals surface area contributed by atoms with Crippen LogP contribution in [-0.2, 0) is 0 Å². The highest BCUT2D eigenvalue weighted by Crippen LogP contribution is 2.51. The van der Waals surface area contributed by atoms with Crippen molar-refractivity contribution in [3.05, 3.63) is 206 Å². The molecule has 0 nitrogen and oxygen atoms in total. The van der Waals surface area contributed by atoms with Crippen molar-refractivity contribution >= 4 is 43.1 Å². The highest BCUT2D eigenvalue weighted by molar-refractivity contribution is 6.30. The van der Waals surface area contributed by atoms with Gasteiger partial charge in [0.05, 0.1) is 0 Å². The first kappa shape index (κ1) is 30.3. The molecule has 1 aliphatic rings. The van der Waals surface area contributed by atoms with Crippen LogP contribution >= 0.6 is 0 Å². The summed E-state index contributed by atoms with van der Waals surface area (Å²) in [5.74, 6) is 0.345. The molecule has 244 valence electrons. The normalized spacial score (nSPS) is 14.1. The third-order valence-electron chi connectivity index (χ3n) is 11.0. The molecule has 10 rings (SSSR count). The Balaban J connectivity index is 1.34. The van der Waals surface area contributed by atoms with Gasteiger partial charge in [0, 0.05) is 5.92 Å². The molecule has 0 bridgehead atoms. The summed E-state index contributed by atoms with van der Waals surface area (Å²) in [6, 6.07) is 65.0. The molecule has 0 aliphatic heterocycles. The molecule has 0 fully saturated rings. The summed E-state index contributed by atoms with van der Waals surface area (Å²) in [6.07, 6.45) is 10.0. The van der Waals surface area contributed by atoms with Gasteiger partial charge in [0.25, 0.3) is 0 Å². The molecule has 0 saturated heterocycles. The maximum Gasteiger partial charge on any atom is 0.00618 e. The topological polar surface area (TPSA) is 0 Å². The molecule has 0 saturated carbocycles. The van der Waals surface area contributed by atoms with Gasteiger partial charge in [-0.25, -0.2) is 0 Å². The van der Waals surface area contributed by atoms with Crippen LogP contribution in [-0.4, -0.2) is 0 Å². The molecule has 9 aromatic rings. The van der Waals surface area contributed by atoms with E-state index in [2.05, 4.69) is 200 Å². The first-order valence-electron chi connectivity index (χ1n) is 18.3. The van der Waals surface area contributed by atoms with Crippen LogP contribution in [0.2, 0.25) is 0 Å². The molecule has 0 spiro atoms. The van der Waals surface area contributed by atoms with Gasteiger partial charge in [-0.3, -0.25) is 0 Å². The molecular formula is C52H36. The first-order valence-corrected chi connectivity index (χ1v) is 18.3. The summed E-state index contributed by atoms with van der Waals surface area (Å²) in [4.78, 5) is 0. The fourth-order valence-corrected chi connectivity index (χ4v) is 8.81. The zero-order valence-corrected chi connectivity index (χ0v) is 28.8. The van der Waals surface area contributed by atoms with Crippen LogP contribution in [0.1, 0.15) is 17.9 Å². The maximum atomic E-state index is 2.35. The summed E-state index contributed by atoms with van der Waals surface area (Å²) < 4.78 is 0. The Labute approximate surface area is 304 Å². The van der Waals surface area contributed by atoms with Crippen LogP contribution < -0.4 is 0 Å². The maximum absolute atomic E-state index is 2.35. The van der Waals surface area contributed by atoms with Gasteiger partial charge in [0.15, 0.2) is 0 Å². The lowest BCUT2D eigenvalue weighted by Gasteiger charge is -2.24. The van der Waals surface area contributed by atoms with E-state index in [1.54, 1.807) is 0 Å². The van der Waals surface area contributed by atoms with Crippen LogP contribution in [0.3, 0.4) is 0 Å². The van der Waals surface area contributed by atoms with Gasteiger partial charge in [-0.2, -0.15) is 0 Å². The lowest BCUT2D eigenvalue weighted by molar-refractivity contribution is 0.856. The third kappa shape index (κ3) is 4.83. The summed E-state index contributed by atoms with van der Waals surface area (Å²) >= 11 is 0. The minimum absolute atomic E-state index is 0.345. The Bertz CT molecular complexity index is 2760. The van der Waals surface area contributed by atoms with E-state index in [-0.39, 0.29) is 0 Å². The summed E-state index contributed by atoms with van der Waals surface area (Å²) in [5.41, 5.74) is 11.6. The van der Waals surface area contributed by atoms with E-state index >= 15 is 0 Å². The monoisotopic (exact) mass is 660 g/mol. The molecule has 0 N–H and O–H groups in total. The Morgan fingerprint density at radius 3 is 1.17 bits per heavy atom. The fourth-order valence-electron chi connectivity index (χ4n) is 8.81. The van der Waals surface area contributed by atoms with Crippen molar-refractivity contribution in [3.63, 3.8) is 0 Å². The van der Waals surface area contributed by atoms with Crippen molar-refractivity contribution < 1.29 is 0 Å². The zero-order valence-electron chi connectivity index (χ0n) is 28.8. The second-order valence-corrected chi connectivity index (χ2v) is 13.8. The van der Waals surface area contributed by atoms with Crippen LogP contribution in [0.5, 0.6) is 0 Å². The number of hydrogen-bond acceptors (Lipinski definition) is 0. The van der Waals surface area contributed by atoms with Crippen molar-refractivity contribution in [2.45, 2.75) is 12.3 Å². The largest absolute Gasteiger partial charge is 0.0836 e. The van der Waals surface area contributed by atoms with Gasteiger partial charge in [-0.05, 0) is 99.6 Å². The smallest absolute Gasteiger partial charge is 0.00618 e. The minimum Gasteiger partial charge on any atom is -0.0836 e. The van der Waals surface area contributed by atoms with Crippen LogP contribution in [0.25, 0.3) is 87.6 Å². The van der Waals surface area contributed by atoms with Gasteiger partial charge in [-0.1, -0.05) is 200 Å². The Hall–Kier alpha value is -6.50. The molecule has 9 aromatic carbocycles. The molecule has 0 radical (unpaired) electrons. The SMILES string of the molecule is C1=CCC(c2ccccc2-c2c3ccccc3c(-c3c4ccccc4c(-c4ccccc4-c4ccccc4)c4ccccc34)c3ccccc23)C=C1. The number of allylic oxidation sites excluding steroid dienone is 4. The second kappa shape index (κ2) is 12.7. The number of fused-ring (bicyclic) bond motifs is 4. The van der Waals surface area contributed by atoms with Crippen LogP contribution in [0, 0.1) is 0 Å². The van der Waals surface area contributed by atoms with Gasteiger partial charge in [-0.15, -0.1) is 0 Å². The van der Waals surface area contributed by atoms with Crippen LogP contribution in [0.4, 0.5) is 0 Å². The highest BCUT2D eigenvalue weighted by atomic mass is 14.3. The van der Waals surface area contributed by atoms with Crippen LogP contribution in [0.15, 0.2) is 200 Å². The van der Waals surface area contributed by atoms with Gasteiger partial charge < -0.3 is 0 Å². The fraction of sp³-hybridized carbons (Fsp3) is 0.0385. The molecule has 0 aromatic heterocycles. The molecule has 52 heavy (non-hydrogen) atoms. The summed E-state index contributed by atoms with van der Waals surface area (Å²) in [6.45, 7) is 0. The van der Waals surface area contributed by atoms with E-state index in [1.165, 1.54) is 93.2 Å². The lowest BCUT2D eigenvalue weighted by atomic mass is 9.79. The highest BCUT2D eigenvalue weighted by Gasteiger charge is 2.24. The Morgan fingerprint density at radius 2 is 0.692 bits per heavy atom. The van der Waals surface area contributed by atoms with Crippen molar-refractivity contribution in [1.82, 2.24) is 0 Å². The van der Waals surface area contributed by atoms with E-state index < -0.39 is 0 Å². The second-order valence-electron chi connectivity index (χ2n) is 13.8. The molecule has 1 aliphatic carbocycles. The summed E-state index contributed by atoms with van der Waals surface area (Å²) in [7, 11) is 0. The van der Waals surface area contributed by atoms with Gasteiger partial charge in [0.1, 0.15) is 0 Å². The molecule has 1 atom stereocenters. The van der Waals surface area contributed by atoms with Crippen molar-refractivity contribution in [1.29, 1.82) is 0 Å². The zero-order chi connectivity index (χ0) is 34.4. The standard InChI is InChI=1S/C52H36/c1-3-19-35(20-4-1)37-23-7-9-25-39(37)49-41-27-11-15-31-45(41)51(46-32-16-12-28-42(46)49)52-47-33-17-13-29-43(47)50(44-30-14-18-34-48(44)52)40-26-10-8-24-38(40)36-21-5-2-6-22-36/h1-21,23-34,36H,22H2. The first-order chi connectivity index (χ1) is 25.9. The van der Waals surface area contributed by atoms with E-state index in [0.29, 0.717) is 5.92 Å². The minimum atomic E-state index is 0.345. The average molecular weight is 661 g/mol. The van der Waals surface area contributed by atoms with Crippen molar-refractivity contribution in [2.24, 2.45) is 0 Å². The summed E-state index contributed by atoms with van der Waals surface area (Å²) in [5, 5.41) is 10.2. The predicted molar refractivity (Wildman–Crippen MR) is 224 cm³/mol. The lowest BCUT2D eigenvalue weighted by Crippen LogP contribution is -2.00. The molecule has 1 unspecified atom stereocenters. The van der Waals surface area contributed by atoms with Gasteiger partial charge in [0.2, 0.25) is 0 Å². The molecule has 0 heterocycles. The van der Waals surface area contributed by atoms with E-state index in [1.807, 2.05) is 0 Å². The van der Waals surface area contributed by atoms with Gasteiger partial charge >= 0.3 is 0 Å². The number of rotatable bonds is 5. The Kier molecular flexibility index (Phi) is 7.40. The number of hydrogen-bond donors (Lipinski definition) is 0. The molecule has 0 heteroatoms. The van der Waals surface area contributed by atoms with Crippen molar-refractivity contribution in [2.75, 3.05) is 0 Å². The Morgan fingerprint density at radius 1 is 0.308 bits per heavy atom. The number of benzene rings is 9. The molecule has 0 amide bonds. The predicted octanol–water partition coefficient (Wildman–Crippen LogP) is 14.6. The quantitative estimate of drug-likeness (QED) is 0.161. The van der Waals surface area contributed by atoms with E-state index in [4.69, 9.17) is 0 Å². The van der Waals surface area contributed by atoms with Crippen molar-refractivity contribution in [3.8, 4) is 44.5 Å².